The van der Waals surface area contributed by atoms with E-state index in [-0.39, 0.29) is 0 Å². The molecule has 62 valence electrons. The number of amides is 1. The van der Waals surface area contributed by atoms with E-state index in [0.717, 1.165) is 5.71 Å². The molecule has 4 nitrogen and oxygen atoms in total. The lowest BCUT2D eigenvalue weighted by Crippen LogP contribution is -2.18. The minimum Gasteiger partial charge on any atom is -0.452 e. The molecule has 0 heterocycles. The maximum atomic E-state index is 10.5. The SMILES string of the molecule is COC(=O)N/N=C(\C)C1CC1. The zero-order valence-electron chi connectivity index (χ0n) is 6.76. The van der Waals surface area contributed by atoms with Crippen LogP contribution in [-0.4, -0.2) is 18.9 Å². The lowest BCUT2D eigenvalue weighted by atomic mass is 10.3. The summed E-state index contributed by atoms with van der Waals surface area (Å²) in [7, 11) is 1.32. The second kappa shape index (κ2) is 3.37. The van der Waals surface area contributed by atoms with Crippen molar-refractivity contribution in [2.45, 2.75) is 19.8 Å². The fourth-order valence-electron chi connectivity index (χ4n) is 0.772. The number of hydrogen-bond donors (Lipinski definition) is 1. The standard InChI is InChI=1S/C7H12N2O2/c1-5(6-3-4-6)8-9-7(10)11-2/h6H,3-4H2,1-2H3,(H,9,10)/b8-5+. The number of nitrogens with one attached hydrogen (secondary N) is 1. The number of carbonyl (C=O) groups is 1. The minimum absolute atomic E-state index is 0.509. The number of rotatable bonds is 2. The lowest BCUT2D eigenvalue weighted by molar-refractivity contribution is 0.171. The normalized spacial score (nSPS) is 17.8. The fraction of sp³-hybridized carbons (Fsp3) is 0.714. The Morgan fingerprint density at radius 3 is 2.73 bits per heavy atom. The van der Waals surface area contributed by atoms with E-state index in [1.54, 1.807) is 0 Å². The van der Waals surface area contributed by atoms with Gasteiger partial charge >= 0.3 is 6.09 Å². The molecule has 0 aromatic heterocycles. The Kier molecular flexibility index (Phi) is 2.46. The Morgan fingerprint density at radius 2 is 2.27 bits per heavy atom. The Labute approximate surface area is 65.6 Å². The fourth-order valence-corrected chi connectivity index (χ4v) is 0.772. The smallest absolute Gasteiger partial charge is 0.427 e. The van der Waals surface area contributed by atoms with Crippen molar-refractivity contribution in [3.63, 3.8) is 0 Å². The highest BCUT2D eigenvalue weighted by Crippen LogP contribution is 2.30. The largest absolute Gasteiger partial charge is 0.452 e. The summed E-state index contributed by atoms with van der Waals surface area (Å²) in [4.78, 5) is 10.5. The average Bonchev–Trinajstić information content (AvgIpc) is 2.81. The van der Waals surface area contributed by atoms with Crippen molar-refractivity contribution >= 4 is 11.8 Å². The van der Waals surface area contributed by atoms with Gasteiger partial charge in [-0.05, 0) is 25.7 Å². The molecule has 0 aromatic rings. The third-order valence-electron chi connectivity index (χ3n) is 1.68. The molecule has 1 saturated carbocycles. The van der Waals surface area contributed by atoms with Gasteiger partial charge in [0.2, 0.25) is 0 Å². The molecule has 11 heavy (non-hydrogen) atoms. The first kappa shape index (κ1) is 8.04. The average molecular weight is 156 g/mol. The molecule has 0 aliphatic heterocycles. The van der Waals surface area contributed by atoms with Crippen molar-refractivity contribution in [3.05, 3.63) is 0 Å². The third kappa shape index (κ3) is 2.57. The number of hydrogen-bond acceptors (Lipinski definition) is 3. The monoisotopic (exact) mass is 156 g/mol. The van der Waals surface area contributed by atoms with Gasteiger partial charge in [0.1, 0.15) is 0 Å². The van der Waals surface area contributed by atoms with E-state index in [1.807, 2.05) is 6.92 Å². The van der Waals surface area contributed by atoms with Gasteiger partial charge in [0, 0.05) is 5.71 Å². The van der Waals surface area contributed by atoms with Crippen molar-refractivity contribution in [2.75, 3.05) is 7.11 Å². The van der Waals surface area contributed by atoms with Crippen LogP contribution in [0.15, 0.2) is 5.10 Å². The predicted octanol–water partition coefficient (Wildman–Crippen LogP) is 1.13. The van der Waals surface area contributed by atoms with Gasteiger partial charge in [-0.1, -0.05) is 0 Å². The summed E-state index contributed by atoms with van der Waals surface area (Å²) in [5, 5.41) is 3.85. The molecule has 0 unspecified atom stereocenters. The summed E-state index contributed by atoms with van der Waals surface area (Å²) in [5.74, 6) is 0.590. The molecular weight excluding hydrogens is 144 g/mol. The van der Waals surface area contributed by atoms with Gasteiger partial charge in [0.15, 0.2) is 0 Å². The highest BCUT2D eigenvalue weighted by Gasteiger charge is 2.24. The zero-order chi connectivity index (χ0) is 8.27. The minimum atomic E-state index is -0.509. The van der Waals surface area contributed by atoms with Gasteiger partial charge in [0.25, 0.3) is 0 Å². The first-order valence-electron chi connectivity index (χ1n) is 3.62. The van der Waals surface area contributed by atoms with Crippen LogP contribution in [0.5, 0.6) is 0 Å². The molecule has 1 fully saturated rings. The highest BCUT2D eigenvalue weighted by molar-refractivity contribution is 5.87. The van der Waals surface area contributed by atoms with Crippen LogP contribution in [0, 0.1) is 5.92 Å². The molecule has 0 bridgehead atoms. The molecule has 0 spiro atoms. The predicted molar refractivity (Wildman–Crippen MR) is 41.4 cm³/mol. The first-order valence-corrected chi connectivity index (χ1v) is 3.62. The van der Waals surface area contributed by atoms with Crippen molar-refractivity contribution in [2.24, 2.45) is 11.0 Å². The van der Waals surface area contributed by atoms with Crippen LogP contribution in [0.25, 0.3) is 0 Å². The molecule has 1 aliphatic carbocycles. The molecule has 1 N–H and O–H groups in total. The maximum Gasteiger partial charge on any atom is 0.427 e. The van der Waals surface area contributed by atoms with E-state index in [9.17, 15) is 4.79 Å². The van der Waals surface area contributed by atoms with E-state index in [4.69, 9.17) is 0 Å². The molecule has 1 amide bonds. The van der Waals surface area contributed by atoms with Crippen molar-refractivity contribution in [1.29, 1.82) is 0 Å². The summed E-state index contributed by atoms with van der Waals surface area (Å²) in [6.45, 7) is 1.91. The molecule has 1 aliphatic rings. The zero-order valence-corrected chi connectivity index (χ0v) is 6.76. The number of carbonyl (C=O) groups excluding carboxylic acids is 1. The van der Waals surface area contributed by atoms with Crippen LogP contribution in [0.2, 0.25) is 0 Å². The van der Waals surface area contributed by atoms with E-state index >= 15 is 0 Å². The van der Waals surface area contributed by atoms with Gasteiger partial charge in [0.05, 0.1) is 7.11 Å². The van der Waals surface area contributed by atoms with Gasteiger partial charge in [-0.15, -0.1) is 0 Å². The van der Waals surface area contributed by atoms with Gasteiger partial charge in [-0.25, -0.2) is 10.2 Å². The van der Waals surface area contributed by atoms with E-state index < -0.39 is 6.09 Å². The quantitative estimate of drug-likeness (QED) is 0.481. The summed E-state index contributed by atoms with van der Waals surface area (Å²) < 4.78 is 4.34. The van der Waals surface area contributed by atoms with Crippen LogP contribution in [0.1, 0.15) is 19.8 Å². The van der Waals surface area contributed by atoms with Crippen LogP contribution in [-0.2, 0) is 4.74 Å². The Bertz CT molecular complexity index is 185. The van der Waals surface area contributed by atoms with Gasteiger partial charge in [-0.3, -0.25) is 0 Å². The maximum absolute atomic E-state index is 10.5. The molecule has 0 radical (unpaired) electrons. The molecule has 0 saturated heterocycles. The topological polar surface area (TPSA) is 50.7 Å². The molecule has 0 aromatic carbocycles. The van der Waals surface area contributed by atoms with Crippen molar-refractivity contribution in [3.8, 4) is 0 Å². The van der Waals surface area contributed by atoms with E-state index in [0.29, 0.717) is 5.92 Å². The third-order valence-corrected chi connectivity index (χ3v) is 1.68. The van der Waals surface area contributed by atoms with Crippen molar-refractivity contribution in [1.82, 2.24) is 5.43 Å². The van der Waals surface area contributed by atoms with Crippen LogP contribution < -0.4 is 5.43 Å². The summed E-state index contributed by atoms with van der Waals surface area (Å²) in [6, 6.07) is 0. The second-order valence-electron chi connectivity index (χ2n) is 2.63. The van der Waals surface area contributed by atoms with Crippen molar-refractivity contribution < 1.29 is 9.53 Å². The van der Waals surface area contributed by atoms with Crippen LogP contribution in [0.3, 0.4) is 0 Å². The highest BCUT2D eigenvalue weighted by atomic mass is 16.5. The van der Waals surface area contributed by atoms with E-state index in [2.05, 4.69) is 15.3 Å². The Balaban J connectivity index is 2.27. The number of hydrazone groups is 1. The Hall–Kier alpha value is -1.06. The summed E-state index contributed by atoms with van der Waals surface area (Å²) >= 11 is 0. The summed E-state index contributed by atoms with van der Waals surface area (Å²) in [5.41, 5.74) is 3.26. The number of nitrogens with zero attached hydrogens (tertiary/aromatic N) is 1. The number of methoxy groups -OCH3 is 1. The molecular formula is C7H12N2O2. The summed E-state index contributed by atoms with van der Waals surface area (Å²) in [6.07, 6.45) is 1.88. The molecule has 4 heteroatoms. The van der Waals surface area contributed by atoms with Gasteiger partial charge in [-0.2, -0.15) is 5.10 Å². The Morgan fingerprint density at radius 1 is 1.64 bits per heavy atom. The van der Waals surface area contributed by atoms with E-state index in [1.165, 1.54) is 20.0 Å². The van der Waals surface area contributed by atoms with Crippen LogP contribution >= 0.6 is 0 Å². The lowest BCUT2D eigenvalue weighted by Gasteiger charge is -1.98. The van der Waals surface area contributed by atoms with Gasteiger partial charge < -0.3 is 4.74 Å². The first-order chi connectivity index (χ1) is 5.24. The van der Waals surface area contributed by atoms with Crippen LogP contribution in [0.4, 0.5) is 4.79 Å². The molecule has 1 rings (SSSR count). The number of ether oxygens (including phenoxy) is 1. The molecule has 0 atom stereocenters. The second-order valence-corrected chi connectivity index (χ2v) is 2.63.